The van der Waals surface area contributed by atoms with E-state index in [1.54, 1.807) is 14.0 Å². The zero-order valence-electron chi connectivity index (χ0n) is 27.9. The van der Waals surface area contributed by atoms with Crippen LogP contribution in [-0.2, 0) is 47.9 Å². The summed E-state index contributed by atoms with van der Waals surface area (Å²) >= 11 is 0. The van der Waals surface area contributed by atoms with Gasteiger partial charge in [-0.15, -0.1) is 0 Å². The van der Waals surface area contributed by atoms with E-state index in [0.717, 1.165) is 34.1 Å². The van der Waals surface area contributed by atoms with Gasteiger partial charge in [-0.05, 0) is 55.5 Å². The fourth-order valence-electron chi connectivity index (χ4n) is 4.25. The molecule has 0 spiro atoms. The first-order valence-electron chi connectivity index (χ1n) is 15.0. The van der Waals surface area contributed by atoms with Crippen LogP contribution in [0.25, 0.3) is 0 Å². The van der Waals surface area contributed by atoms with Crippen molar-refractivity contribution in [3.63, 3.8) is 0 Å². The molecule has 0 saturated heterocycles. The highest BCUT2D eigenvalue weighted by Gasteiger charge is 2.34. The van der Waals surface area contributed by atoms with E-state index in [1.165, 1.54) is 34.6 Å². The van der Waals surface area contributed by atoms with Crippen molar-refractivity contribution < 1.29 is 47.9 Å². The normalized spacial score (nSPS) is 17.6. The first kappa shape index (κ1) is 40.3. The monoisotopic (exact) mass is 663 g/mol. The lowest BCUT2D eigenvalue weighted by atomic mass is 10.1. The van der Waals surface area contributed by atoms with Crippen LogP contribution in [0.1, 0.15) is 61.3 Å². The Morgan fingerprint density at radius 1 is 0.660 bits per heavy atom. The van der Waals surface area contributed by atoms with Crippen LogP contribution in [0.2, 0.25) is 0 Å². The Balaban J connectivity index is 0.00000122. The minimum absolute atomic E-state index is 0.0897. The van der Waals surface area contributed by atoms with Gasteiger partial charge >= 0.3 is 0 Å². The number of nitrogens with one attached hydrogen (secondary N) is 5. The van der Waals surface area contributed by atoms with E-state index in [9.17, 15) is 43.2 Å². The van der Waals surface area contributed by atoms with Crippen molar-refractivity contribution in [1.29, 1.82) is 0 Å². The van der Waals surface area contributed by atoms with Gasteiger partial charge in [0.05, 0.1) is 12.3 Å². The maximum atomic E-state index is 12.5. The van der Waals surface area contributed by atoms with Crippen molar-refractivity contribution >= 4 is 53.0 Å². The van der Waals surface area contributed by atoms with Gasteiger partial charge in [0.2, 0.25) is 23.6 Å². The molecule has 17 nitrogen and oxygen atoms in total. The molecule has 0 fully saturated rings. The van der Waals surface area contributed by atoms with E-state index in [4.69, 9.17) is 4.74 Å². The van der Waals surface area contributed by atoms with E-state index in [1.807, 2.05) is 6.92 Å². The van der Waals surface area contributed by atoms with Gasteiger partial charge in [0, 0.05) is 49.8 Å². The number of imide groups is 2. The van der Waals surface area contributed by atoms with Crippen molar-refractivity contribution in [3.8, 4) is 0 Å². The largest absolute Gasteiger partial charge is 0.371 e. The fourth-order valence-corrected chi connectivity index (χ4v) is 4.25. The third kappa shape index (κ3) is 12.9. The van der Waals surface area contributed by atoms with Gasteiger partial charge in [-0.3, -0.25) is 53.0 Å². The van der Waals surface area contributed by atoms with Crippen LogP contribution < -0.4 is 26.6 Å². The molecule has 47 heavy (non-hydrogen) atoms. The van der Waals surface area contributed by atoms with Crippen LogP contribution in [0.3, 0.4) is 0 Å². The van der Waals surface area contributed by atoms with Gasteiger partial charge in [-0.2, -0.15) is 0 Å². The summed E-state index contributed by atoms with van der Waals surface area (Å²) < 4.78 is 4.95. The molecule has 2 heterocycles. The number of Topliss-reactive ketones (excluding diaryl/α,β-unsaturated/α-hetero) is 1. The summed E-state index contributed by atoms with van der Waals surface area (Å²) in [6.07, 6.45) is 2.12. The van der Waals surface area contributed by atoms with E-state index < -0.39 is 77.7 Å². The van der Waals surface area contributed by atoms with Crippen molar-refractivity contribution in [2.45, 2.75) is 97.9 Å². The molecule has 2 aliphatic heterocycles. The number of rotatable bonds is 16. The van der Waals surface area contributed by atoms with Crippen LogP contribution in [0, 0.1) is 0 Å². The molecular weight excluding hydrogens is 618 g/mol. The number of hydrogen-bond acceptors (Lipinski definition) is 11. The quantitative estimate of drug-likeness (QED) is 0.0908. The topological polar surface area (TPSA) is 229 Å². The smallest absolute Gasteiger partial charge is 0.254 e. The lowest BCUT2D eigenvalue weighted by molar-refractivity contribution is -0.145. The van der Waals surface area contributed by atoms with Crippen LogP contribution >= 0.6 is 0 Å². The van der Waals surface area contributed by atoms with Crippen molar-refractivity contribution in [2.75, 3.05) is 13.7 Å². The van der Waals surface area contributed by atoms with Crippen molar-refractivity contribution in [2.24, 2.45) is 0 Å². The zero-order chi connectivity index (χ0) is 36.0. The maximum absolute atomic E-state index is 12.5. The van der Waals surface area contributed by atoms with E-state index >= 15 is 0 Å². The number of carbonyl (C=O) groups is 9. The number of amides is 8. The third-order valence-electron chi connectivity index (χ3n) is 6.95. The summed E-state index contributed by atoms with van der Waals surface area (Å²) in [5.41, 5.74) is 0. The number of carbonyl (C=O) groups excluding carboxylic acids is 9. The lowest BCUT2D eigenvalue weighted by Crippen LogP contribution is -2.54. The molecule has 2 aliphatic rings. The number of ether oxygens (including phenoxy) is 1. The van der Waals surface area contributed by atoms with Gasteiger partial charge in [0.25, 0.3) is 23.6 Å². The highest BCUT2D eigenvalue weighted by Crippen LogP contribution is 2.10. The van der Waals surface area contributed by atoms with Gasteiger partial charge in [0.1, 0.15) is 18.2 Å². The van der Waals surface area contributed by atoms with Gasteiger partial charge in [-0.25, -0.2) is 0 Å². The molecule has 0 saturated carbocycles. The zero-order valence-corrected chi connectivity index (χ0v) is 27.9. The maximum Gasteiger partial charge on any atom is 0.254 e. The fraction of sp³-hybridized carbons (Fsp3) is 0.567. The highest BCUT2D eigenvalue weighted by molar-refractivity contribution is 6.15. The summed E-state index contributed by atoms with van der Waals surface area (Å²) in [5, 5.41) is 13.0. The molecule has 0 aromatic carbocycles. The van der Waals surface area contributed by atoms with Crippen LogP contribution in [0.4, 0.5) is 0 Å². The second-order valence-corrected chi connectivity index (χ2v) is 10.8. The summed E-state index contributed by atoms with van der Waals surface area (Å²) in [6.45, 7) is 11.5. The Morgan fingerprint density at radius 3 is 1.26 bits per heavy atom. The molecule has 260 valence electrons. The highest BCUT2D eigenvalue weighted by atomic mass is 16.5. The number of hydrogen-bond donors (Lipinski definition) is 5. The molecule has 0 radical (unpaired) electrons. The standard InChI is InChI=1S/C24H33N7O8.C6H12O2/c1-12(30-19(34)6-7-20(30)35)23(38)28-14(3)26-17(32)10-16(25-5)11-18(33)27-15(4)29-24(39)13(2)31-21(36)8-9-22(31)37;1-4-8-6(3)5(2)7/h6-9,12-16,25H,10-11H2,1-5H3,(H,26,32)(H,27,33)(H,28,38)(H,29,39);6H,4H2,1-3H3. The Kier molecular flexibility index (Phi) is 16.3. The average molecular weight is 664 g/mol. The molecule has 8 amide bonds. The molecule has 0 bridgehead atoms. The molecule has 5 N–H and O–H groups in total. The second-order valence-electron chi connectivity index (χ2n) is 10.8. The molecule has 5 unspecified atom stereocenters. The third-order valence-corrected chi connectivity index (χ3v) is 6.95. The van der Waals surface area contributed by atoms with E-state index in [-0.39, 0.29) is 24.7 Å². The number of nitrogens with zero attached hydrogens (tertiary/aromatic N) is 2. The molecule has 0 aromatic rings. The summed E-state index contributed by atoms with van der Waals surface area (Å²) in [5.74, 6) is -4.58. The molecule has 17 heteroatoms. The molecule has 0 aliphatic carbocycles. The average Bonchev–Trinajstić information content (AvgIpc) is 3.50. The first-order chi connectivity index (χ1) is 21.9. The summed E-state index contributed by atoms with van der Waals surface area (Å²) in [6, 6.07) is -2.75. The Morgan fingerprint density at radius 2 is 1.00 bits per heavy atom. The van der Waals surface area contributed by atoms with Crippen molar-refractivity contribution in [3.05, 3.63) is 24.3 Å². The summed E-state index contributed by atoms with van der Waals surface area (Å²) in [4.78, 5) is 109. The Labute approximate surface area is 273 Å². The van der Waals surface area contributed by atoms with Crippen LogP contribution in [0.5, 0.6) is 0 Å². The predicted octanol–water partition coefficient (Wildman–Crippen LogP) is -1.86. The van der Waals surface area contributed by atoms with E-state index in [0.29, 0.717) is 6.61 Å². The molecule has 2 rings (SSSR count). The Hall–Kier alpha value is -4.77. The first-order valence-corrected chi connectivity index (χ1v) is 15.0. The predicted molar refractivity (Wildman–Crippen MR) is 166 cm³/mol. The van der Waals surface area contributed by atoms with E-state index in [2.05, 4.69) is 26.6 Å². The lowest BCUT2D eigenvalue weighted by Gasteiger charge is -2.25. The van der Waals surface area contributed by atoms with Crippen molar-refractivity contribution in [1.82, 2.24) is 36.4 Å². The SMILES string of the molecule is CCOC(C)C(C)=O.CNC(CC(=O)NC(C)NC(=O)C(C)N1C(=O)C=CC1=O)CC(=O)NC(C)NC(=O)C(C)N1C(=O)C=CC1=O. The van der Waals surface area contributed by atoms with Gasteiger partial charge in [-0.1, -0.05) is 0 Å². The summed E-state index contributed by atoms with van der Waals surface area (Å²) in [7, 11) is 1.56. The van der Waals surface area contributed by atoms with Gasteiger partial charge < -0.3 is 31.3 Å². The number of ketones is 1. The van der Waals surface area contributed by atoms with Gasteiger partial charge in [0.15, 0.2) is 5.78 Å². The molecular formula is C30H45N7O10. The minimum atomic E-state index is -1.08. The second kappa shape index (κ2) is 19.0. The van der Waals surface area contributed by atoms with Crippen LogP contribution in [-0.4, -0.2) is 113 Å². The molecule has 5 atom stereocenters. The minimum Gasteiger partial charge on any atom is -0.371 e. The van der Waals surface area contributed by atoms with Crippen LogP contribution in [0.15, 0.2) is 24.3 Å². The Bertz CT molecular complexity index is 1180. The molecule has 0 aromatic heterocycles.